The van der Waals surface area contributed by atoms with Gasteiger partial charge in [-0.3, -0.25) is 4.31 Å². The zero-order valence-corrected chi connectivity index (χ0v) is 15.2. The maximum absolute atomic E-state index is 12.7. The molecule has 2 aromatic rings. The highest BCUT2D eigenvalue weighted by Crippen LogP contribution is 2.29. The predicted molar refractivity (Wildman–Crippen MR) is 89.4 cm³/mol. The van der Waals surface area contributed by atoms with Gasteiger partial charge in [-0.2, -0.15) is 0 Å². The second kappa shape index (κ2) is 6.27. The number of rotatable bonds is 4. The molecule has 0 aliphatic heterocycles. The highest BCUT2D eigenvalue weighted by molar-refractivity contribution is 7.93. The minimum atomic E-state index is -4.09. The highest BCUT2D eigenvalue weighted by atomic mass is 35.5. The number of sulfone groups is 1. The number of halogens is 2. The Kier molecular flexibility index (Phi) is 4.91. The molecule has 0 amide bonds. The molecule has 0 spiro atoms. The topological polar surface area (TPSA) is 84.4 Å². The number of aromatic nitrogens is 1. The van der Waals surface area contributed by atoms with E-state index in [-0.39, 0.29) is 20.6 Å². The van der Waals surface area contributed by atoms with Crippen LogP contribution in [0.25, 0.3) is 0 Å². The van der Waals surface area contributed by atoms with Gasteiger partial charge in [-0.1, -0.05) is 23.2 Å². The zero-order chi connectivity index (χ0) is 17.4. The molecule has 0 aliphatic carbocycles. The van der Waals surface area contributed by atoms with Crippen LogP contribution < -0.4 is 4.31 Å². The van der Waals surface area contributed by atoms with Crippen LogP contribution in [-0.4, -0.2) is 35.1 Å². The minimum absolute atomic E-state index is 0.0850. The molecule has 6 nitrogen and oxygen atoms in total. The van der Waals surface area contributed by atoms with Crippen LogP contribution in [0.4, 0.5) is 5.82 Å². The largest absolute Gasteiger partial charge is 0.266 e. The predicted octanol–water partition coefficient (Wildman–Crippen LogP) is 2.62. The Labute approximate surface area is 144 Å². The molecule has 1 heterocycles. The Morgan fingerprint density at radius 3 is 2.22 bits per heavy atom. The molecule has 0 unspecified atom stereocenters. The van der Waals surface area contributed by atoms with Gasteiger partial charge >= 0.3 is 0 Å². The molecule has 0 aliphatic rings. The number of pyridine rings is 1. The van der Waals surface area contributed by atoms with Gasteiger partial charge in [-0.05, 0) is 30.3 Å². The Morgan fingerprint density at radius 1 is 1.04 bits per heavy atom. The smallest absolute Gasteiger partial charge is 0.253 e. The lowest BCUT2D eigenvalue weighted by Crippen LogP contribution is -2.27. The van der Waals surface area contributed by atoms with E-state index in [0.717, 1.165) is 16.6 Å². The van der Waals surface area contributed by atoms with Crippen molar-refractivity contribution in [1.29, 1.82) is 0 Å². The average Bonchev–Trinajstić information content (AvgIpc) is 2.46. The maximum atomic E-state index is 12.7. The number of anilines is 1. The number of nitrogens with zero attached hydrogens (tertiary/aromatic N) is 2. The standard InChI is InChI=1S/C13H12Cl2N2O4S2/c1-17(13-6-3-9(14)8-16-13)23(20,21)12-7-10(22(2,18)19)4-5-11(12)15/h3-8H,1-2H3. The van der Waals surface area contributed by atoms with Gasteiger partial charge in [0.15, 0.2) is 9.84 Å². The van der Waals surface area contributed by atoms with Gasteiger partial charge in [0.1, 0.15) is 10.7 Å². The summed E-state index contributed by atoms with van der Waals surface area (Å²) in [4.78, 5) is 3.47. The summed E-state index contributed by atoms with van der Waals surface area (Å²) in [6, 6.07) is 6.42. The molecule has 2 rings (SSSR count). The minimum Gasteiger partial charge on any atom is -0.253 e. The third-order valence-corrected chi connectivity index (χ3v) is 6.58. The molecule has 124 valence electrons. The summed E-state index contributed by atoms with van der Waals surface area (Å²) in [6.45, 7) is 0. The lowest BCUT2D eigenvalue weighted by molar-refractivity contribution is 0.593. The quantitative estimate of drug-likeness (QED) is 0.795. The van der Waals surface area contributed by atoms with E-state index in [1.807, 2.05) is 0 Å². The van der Waals surface area contributed by atoms with Crippen LogP contribution in [-0.2, 0) is 19.9 Å². The van der Waals surface area contributed by atoms with Crippen LogP contribution in [0.2, 0.25) is 10.0 Å². The molecular formula is C13H12Cl2N2O4S2. The molecule has 0 N–H and O–H groups in total. The van der Waals surface area contributed by atoms with Crippen LogP contribution in [0.3, 0.4) is 0 Å². The highest BCUT2D eigenvalue weighted by Gasteiger charge is 2.26. The van der Waals surface area contributed by atoms with E-state index in [1.54, 1.807) is 0 Å². The Hall–Kier alpha value is -1.35. The van der Waals surface area contributed by atoms with Crippen LogP contribution in [0.1, 0.15) is 0 Å². The van der Waals surface area contributed by atoms with Gasteiger partial charge in [0.2, 0.25) is 0 Å². The number of benzene rings is 1. The molecule has 0 bridgehead atoms. The molecule has 0 saturated carbocycles. The van der Waals surface area contributed by atoms with Crippen LogP contribution in [0.15, 0.2) is 46.3 Å². The van der Waals surface area contributed by atoms with Gasteiger partial charge < -0.3 is 0 Å². The Morgan fingerprint density at radius 2 is 1.70 bits per heavy atom. The number of sulfonamides is 1. The van der Waals surface area contributed by atoms with Crippen molar-refractivity contribution in [3.63, 3.8) is 0 Å². The molecule has 0 radical (unpaired) electrons. The molecule has 0 fully saturated rings. The van der Waals surface area contributed by atoms with Crippen molar-refractivity contribution in [1.82, 2.24) is 4.98 Å². The van der Waals surface area contributed by atoms with E-state index in [9.17, 15) is 16.8 Å². The van der Waals surface area contributed by atoms with Crippen LogP contribution >= 0.6 is 23.2 Å². The van der Waals surface area contributed by atoms with Crippen molar-refractivity contribution in [3.8, 4) is 0 Å². The fraction of sp³-hybridized carbons (Fsp3) is 0.154. The van der Waals surface area contributed by atoms with Gasteiger partial charge in [0, 0.05) is 19.5 Å². The SMILES string of the molecule is CN(c1ccc(Cl)cn1)S(=O)(=O)c1cc(S(C)(=O)=O)ccc1Cl. The van der Waals surface area contributed by atoms with Crippen molar-refractivity contribution < 1.29 is 16.8 Å². The van der Waals surface area contributed by atoms with E-state index in [1.165, 1.54) is 37.5 Å². The fourth-order valence-electron chi connectivity index (χ4n) is 1.74. The van der Waals surface area contributed by atoms with E-state index >= 15 is 0 Å². The maximum Gasteiger partial charge on any atom is 0.266 e. The second-order valence-corrected chi connectivity index (χ2v) is 9.47. The van der Waals surface area contributed by atoms with E-state index in [4.69, 9.17) is 23.2 Å². The average molecular weight is 395 g/mol. The Bertz CT molecular complexity index is 942. The lowest BCUT2D eigenvalue weighted by Gasteiger charge is -2.19. The molecule has 23 heavy (non-hydrogen) atoms. The zero-order valence-electron chi connectivity index (χ0n) is 12.1. The normalized spacial score (nSPS) is 12.2. The van der Waals surface area contributed by atoms with E-state index in [0.29, 0.717) is 5.02 Å². The lowest BCUT2D eigenvalue weighted by atomic mass is 10.4. The molecule has 0 saturated heterocycles. The molecule has 1 aromatic carbocycles. The fourth-order valence-corrected chi connectivity index (χ4v) is 4.22. The summed E-state index contributed by atoms with van der Waals surface area (Å²) in [7, 11) is -6.37. The van der Waals surface area contributed by atoms with Crippen molar-refractivity contribution in [3.05, 3.63) is 46.6 Å². The summed E-state index contributed by atoms with van der Waals surface area (Å²) >= 11 is 11.7. The first-order valence-electron chi connectivity index (χ1n) is 6.13. The van der Waals surface area contributed by atoms with Gasteiger partial charge in [-0.25, -0.2) is 21.8 Å². The molecular weight excluding hydrogens is 383 g/mol. The third-order valence-electron chi connectivity index (χ3n) is 3.00. The van der Waals surface area contributed by atoms with Gasteiger partial charge in [0.05, 0.1) is 14.9 Å². The van der Waals surface area contributed by atoms with Crippen molar-refractivity contribution >= 4 is 48.9 Å². The van der Waals surface area contributed by atoms with E-state index in [2.05, 4.69) is 4.98 Å². The summed E-state index contributed by atoms with van der Waals surface area (Å²) in [5, 5.41) is 0.273. The van der Waals surface area contributed by atoms with Crippen molar-refractivity contribution in [2.75, 3.05) is 17.6 Å². The second-order valence-electron chi connectivity index (χ2n) is 4.67. The molecule has 10 heteroatoms. The Balaban J connectivity index is 2.57. The number of hydrogen-bond donors (Lipinski definition) is 0. The summed E-state index contributed by atoms with van der Waals surface area (Å²) in [5.41, 5.74) is 0. The first-order valence-corrected chi connectivity index (χ1v) is 10.2. The molecule has 1 aromatic heterocycles. The summed E-state index contributed by atoms with van der Waals surface area (Å²) in [5.74, 6) is 0.121. The number of hydrogen-bond acceptors (Lipinski definition) is 5. The first-order chi connectivity index (χ1) is 10.5. The summed E-state index contributed by atoms with van der Waals surface area (Å²) < 4.78 is 49.5. The van der Waals surface area contributed by atoms with Gasteiger partial charge in [-0.15, -0.1) is 0 Å². The van der Waals surface area contributed by atoms with Gasteiger partial charge in [0.25, 0.3) is 10.0 Å². The molecule has 0 atom stereocenters. The third kappa shape index (κ3) is 3.77. The van der Waals surface area contributed by atoms with Crippen molar-refractivity contribution in [2.24, 2.45) is 0 Å². The van der Waals surface area contributed by atoms with Crippen molar-refractivity contribution in [2.45, 2.75) is 9.79 Å². The van der Waals surface area contributed by atoms with Crippen LogP contribution in [0, 0.1) is 0 Å². The summed E-state index contributed by atoms with van der Waals surface area (Å²) in [6.07, 6.45) is 2.29. The monoisotopic (exact) mass is 394 g/mol. The van der Waals surface area contributed by atoms with Crippen LogP contribution in [0.5, 0.6) is 0 Å². The first kappa shape index (κ1) is 18.0. The van der Waals surface area contributed by atoms with E-state index < -0.39 is 19.9 Å².